The molecule has 0 saturated carbocycles. The number of para-hydroxylation sites is 3. The summed E-state index contributed by atoms with van der Waals surface area (Å²) in [5.74, 6) is -0.112. The van der Waals surface area contributed by atoms with Gasteiger partial charge in [0.2, 0.25) is 0 Å². The van der Waals surface area contributed by atoms with Crippen molar-refractivity contribution >= 4 is 22.6 Å². The van der Waals surface area contributed by atoms with E-state index in [1.54, 1.807) is 10.6 Å². The molecule has 0 fully saturated rings. The third kappa shape index (κ3) is 2.45. The molecule has 28 heavy (non-hydrogen) atoms. The van der Waals surface area contributed by atoms with Crippen molar-refractivity contribution in [3.63, 3.8) is 0 Å². The molecule has 2 atom stereocenters. The molecule has 5 heteroatoms. The minimum atomic E-state index is -0.522. The molecule has 0 N–H and O–H groups in total. The molecule has 3 aromatic rings. The van der Waals surface area contributed by atoms with Crippen LogP contribution in [0.2, 0.25) is 0 Å². The fraction of sp³-hybridized carbons (Fsp3) is 0.261. The zero-order valence-electron chi connectivity index (χ0n) is 15.7. The topological polar surface area (TPSA) is 61.9 Å². The predicted molar refractivity (Wildman–Crippen MR) is 108 cm³/mol. The lowest BCUT2D eigenvalue weighted by molar-refractivity contribution is 0.0964. The lowest BCUT2D eigenvalue weighted by Gasteiger charge is -2.38. The smallest absolute Gasteiger partial charge is 0.256 e. The number of imidazole rings is 1. The molecule has 0 aliphatic carbocycles. The number of hydrogen-bond donors (Lipinski definition) is 0. The van der Waals surface area contributed by atoms with Crippen LogP contribution in [0.25, 0.3) is 11.0 Å². The van der Waals surface area contributed by atoms with Crippen molar-refractivity contribution in [1.29, 1.82) is 5.26 Å². The minimum absolute atomic E-state index is 0.122. The zero-order chi connectivity index (χ0) is 19.3. The van der Waals surface area contributed by atoms with Crippen LogP contribution in [-0.4, -0.2) is 28.0 Å². The number of aryl methyl sites for hydroxylation is 1. The van der Waals surface area contributed by atoms with Gasteiger partial charge in [-0.3, -0.25) is 9.36 Å². The summed E-state index contributed by atoms with van der Waals surface area (Å²) in [5, 5.41) is 9.94. The van der Waals surface area contributed by atoms with Gasteiger partial charge in [0.15, 0.2) is 0 Å². The lowest BCUT2D eigenvalue weighted by atomic mass is 9.92. The number of benzene rings is 2. The number of fused-ring (bicyclic) bond motifs is 4. The first-order valence-corrected chi connectivity index (χ1v) is 9.63. The molecular weight excluding hydrogens is 348 g/mol. The fourth-order valence-electron chi connectivity index (χ4n) is 4.42. The van der Waals surface area contributed by atoms with Gasteiger partial charge in [0.25, 0.3) is 5.91 Å². The molecule has 0 amide bonds. The first kappa shape index (κ1) is 16.8. The zero-order valence-corrected chi connectivity index (χ0v) is 15.7. The van der Waals surface area contributed by atoms with E-state index in [1.807, 2.05) is 30.3 Å². The van der Waals surface area contributed by atoms with Gasteiger partial charge in [-0.15, -0.1) is 0 Å². The first-order chi connectivity index (χ1) is 13.7. The number of carbonyl (C=O) groups excluding carboxylic acids is 1. The molecule has 0 saturated heterocycles. The Balaban J connectivity index is 1.57. The predicted octanol–water partition coefficient (Wildman–Crippen LogP) is 4.06. The Labute approximate surface area is 163 Å². The van der Waals surface area contributed by atoms with Crippen molar-refractivity contribution < 1.29 is 4.79 Å². The first-order valence-electron chi connectivity index (χ1n) is 9.63. The Kier molecular flexibility index (Phi) is 3.80. The van der Waals surface area contributed by atoms with Crippen LogP contribution in [0.15, 0.2) is 60.2 Å². The Morgan fingerprint density at radius 3 is 2.82 bits per heavy atom. The third-order valence-corrected chi connectivity index (χ3v) is 5.89. The van der Waals surface area contributed by atoms with E-state index >= 15 is 0 Å². The molecule has 2 aromatic carbocycles. The Hall–Kier alpha value is -3.39. The Morgan fingerprint density at radius 2 is 1.96 bits per heavy atom. The summed E-state index contributed by atoms with van der Waals surface area (Å²) in [6.07, 6.45) is 3.76. The average molecular weight is 368 g/mol. The number of allylic oxidation sites excluding steroid dienone is 1. The maximum absolute atomic E-state index is 12.9. The molecule has 0 bridgehead atoms. The third-order valence-electron chi connectivity index (χ3n) is 5.89. The molecule has 0 spiro atoms. The second-order valence-electron chi connectivity index (χ2n) is 7.56. The van der Waals surface area contributed by atoms with Gasteiger partial charge in [-0.05, 0) is 49.1 Å². The summed E-state index contributed by atoms with van der Waals surface area (Å²) < 4.78 is 1.58. The van der Waals surface area contributed by atoms with Gasteiger partial charge in [0.1, 0.15) is 11.7 Å². The van der Waals surface area contributed by atoms with Crippen molar-refractivity contribution in [2.75, 3.05) is 11.4 Å². The number of hydrogen-bond acceptors (Lipinski definition) is 4. The second kappa shape index (κ2) is 6.35. The van der Waals surface area contributed by atoms with Crippen molar-refractivity contribution in [3.8, 4) is 6.07 Å². The van der Waals surface area contributed by atoms with Gasteiger partial charge in [-0.1, -0.05) is 30.3 Å². The largest absolute Gasteiger partial charge is 0.365 e. The van der Waals surface area contributed by atoms with Crippen molar-refractivity contribution in [3.05, 3.63) is 71.6 Å². The van der Waals surface area contributed by atoms with Gasteiger partial charge < -0.3 is 4.90 Å². The van der Waals surface area contributed by atoms with Crippen LogP contribution in [0.1, 0.15) is 35.4 Å². The van der Waals surface area contributed by atoms with Gasteiger partial charge in [-0.2, -0.15) is 5.26 Å². The highest BCUT2D eigenvalue weighted by atomic mass is 16.2. The van der Waals surface area contributed by atoms with Crippen molar-refractivity contribution in [2.24, 2.45) is 0 Å². The number of aromatic nitrogens is 2. The Morgan fingerprint density at radius 1 is 1.18 bits per heavy atom. The van der Waals surface area contributed by atoms with Crippen molar-refractivity contribution in [1.82, 2.24) is 9.55 Å². The molecule has 2 unspecified atom stereocenters. The summed E-state index contributed by atoms with van der Waals surface area (Å²) in [7, 11) is 0. The van der Waals surface area contributed by atoms with E-state index in [-0.39, 0.29) is 5.91 Å². The molecule has 138 valence electrons. The highest BCUT2D eigenvalue weighted by molar-refractivity contribution is 5.99. The van der Waals surface area contributed by atoms with Crippen LogP contribution in [0.3, 0.4) is 0 Å². The second-order valence-corrected chi connectivity index (χ2v) is 7.56. The van der Waals surface area contributed by atoms with Crippen LogP contribution in [-0.2, 0) is 6.42 Å². The average Bonchev–Trinajstić information content (AvgIpc) is 3.10. The highest BCUT2D eigenvalue weighted by Crippen LogP contribution is 2.36. The number of carbonyl (C=O) groups is 1. The minimum Gasteiger partial charge on any atom is -0.365 e. The maximum Gasteiger partial charge on any atom is 0.256 e. The van der Waals surface area contributed by atoms with E-state index in [2.05, 4.69) is 41.1 Å². The summed E-state index contributed by atoms with van der Waals surface area (Å²) >= 11 is 0. The van der Waals surface area contributed by atoms with E-state index in [0.717, 1.165) is 29.4 Å². The molecule has 1 aromatic heterocycles. The van der Waals surface area contributed by atoms with Crippen LogP contribution in [0.5, 0.6) is 0 Å². The summed E-state index contributed by atoms with van der Waals surface area (Å²) in [6, 6.07) is 18.7. The molecule has 0 radical (unpaired) electrons. The standard InChI is InChI=1S/C23H20N4O/c1-15-10-11-16-6-2-4-8-20(16)26(15)14-17-12-22(28)27-21-9-5-3-7-19(21)25-23(27)18(17)13-24/h2-9,12,15,18H,10-11,14H2,1H3. The molecule has 5 rings (SSSR count). The molecular formula is C23H20N4O. The molecule has 2 aliphatic rings. The highest BCUT2D eigenvalue weighted by Gasteiger charge is 2.33. The number of anilines is 1. The summed E-state index contributed by atoms with van der Waals surface area (Å²) in [6.45, 7) is 2.77. The maximum atomic E-state index is 12.9. The fourth-order valence-corrected chi connectivity index (χ4v) is 4.42. The Bertz CT molecular complexity index is 1170. The van der Waals surface area contributed by atoms with E-state index in [9.17, 15) is 10.1 Å². The van der Waals surface area contributed by atoms with E-state index in [4.69, 9.17) is 0 Å². The van der Waals surface area contributed by atoms with Gasteiger partial charge in [0, 0.05) is 24.4 Å². The molecule has 2 aliphatic heterocycles. The SMILES string of the molecule is CC1CCc2ccccc2N1CC1=CC(=O)n2c(nc3ccccc32)C1C#N. The molecule has 5 nitrogen and oxygen atoms in total. The van der Waals surface area contributed by atoms with Gasteiger partial charge >= 0.3 is 0 Å². The van der Waals surface area contributed by atoms with Gasteiger partial charge in [-0.25, -0.2) is 4.98 Å². The quantitative estimate of drug-likeness (QED) is 0.684. The normalized spacial score (nSPS) is 21.1. The monoisotopic (exact) mass is 368 g/mol. The molecule has 3 heterocycles. The van der Waals surface area contributed by atoms with E-state index < -0.39 is 5.92 Å². The number of nitrogens with zero attached hydrogens (tertiary/aromatic N) is 4. The van der Waals surface area contributed by atoms with Gasteiger partial charge in [0.05, 0.1) is 17.1 Å². The van der Waals surface area contributed by atoms with E-state index in [0.29, 0.717) is 18.4 Å². The summed E-state index contributed by atoms with van der Waals surface area (Å²) in [5.41, 5.74) is 4.85. The van der Waals surface area contributed by atoms with Crippen molar-refractivity contribution in [2.45, 2.75) is 31.7 Å². The number of rotatable bonds is 2. The van der Waals surface area contributed by atoms with E-state index in [1.165, 1.54) is 11.3 Å². The van der Waals surface area contributed by atoms with Crippen LogP contribution >= 0.6 is 0 Å². The summed E-state index contributed by atoms with van der Waals surface area (Å²) in [4.78, 5) is 19.9. The van der Waals surface area contributed by atoms with Crippen LogP contribution in [0, 0.1) is 11.3 Å². The van der Waals surface area contributed by atoms with Crippen LogP contribution in [0.4, 0.5) is 5.69 Å². The lowest BCUT2D eigenvalue weighted by Crippen LogP contribution is -2.40. The number of nitriles is 1. The van der Waals surface area contributed by atoms with Crippen LogP contribution < -0.4 is 4.90 Å².